The maximum absolute atomic E-state index is 14.0. The molecule has 2 aromatic heterocycles. The van der Waals surface area contributed by atoms with Crippen LogP contribution in [0, 0.1) is 5.92 Å². The van der Waals surface area contributed by atoms with Crippen LogP contribution in [0.4, 0.5) is 13.2 Å². The lowest BCUT2D eigenvalue weighted by Gasteiger charge is -2.21. The molecule has 1 saturated heterocycles. The predicted molar refractivity (Wildman–Crippen MR) is 105 cm³/mol. The van der Waals surface area contributed by atoms with E-state index in [-0.39, 0.29) is 29.7 Å². The van der Waals surface area contributed by atoms with Crippen LogP contribution in [0.1, 0.15) is 41.3 Å². The summed E-state index contributed by atoms with van der Waals surface area (Å²) in [5, 5.41) is 11.3. The second kappa shape index (κ2) is 7.67. The number of rotatable bonds is 6. The molecule has 3 heterocycles. The Balaban J connectivity index is 1.41. The average molecular weight is 416 g/mol. The van der Waals surface area contributed by atoms with E-state index in [1.807, 2.05) is 30.3 Å². The van der Waals surface area contributed by atoms with Gasteiger partial charge < -0.3 is 10.1 Å². The molecular weight excluding hydrogens is 393 g/mol. The van der Waals surface area contributed by atoms with Crippen molar-refractivity contribution < 1.29 is 17.9 Å². The Hall–Kier alpha value is -2.45. The number of ether oxygens (including phenoxy) is 1. The summed E-state index contributed by atoms with van der Waals surface area (Å²) < 4.78 is 49.0. The van der Waals surface area contributed by atoms with Crippen molar-refractivity contribution in [3.63, 3.8) is 0 Å². The minimum absolute atomic E-state index is 0.0481. The highest BCUT2D eigenvalue weighted by molar-refractivity contribution is 5.53. The van der Waals surface area contributed by atoms with Crippen molar-refractivity contribution in [1.82, 2.24) is 19.9 Å². The summed E-state index contributed by atoms with van der Waals surface area (Å²) in [6.07, 6.45) is 0.0476. The van der Waals surface area contributed by atoms with E-state index >= 15 is 0 Å². The summed E-state index contributed by atoms with van der Waals surface area (Å²) in [6.45, 7) is 1.12. The SMILES string of the molecule is FC(F)(F)c1c(CN[C@@H]2COC[C@@H]2c2ccccc2)ccn2c(CC3CC3)nnc12. The first kappa shape index (κ1) is 19.5. The predicted octanol–water partition coefficient (Wildman–Crippen LogP) is 3.97. The highest BCUT2D eigenvalue weighted by Gasteiger charge is 2.38. The highest BCUT2D eigenvalue weighted by atomic mass is 19.4. The Morgan fingerprint density at radius 1 is 1.07 bits per heavy atom. The van der Waals surface area contributed by atoms with E-state index in [2.05, 4.69) is 15.5 Å². The molecule has 0 bridgehead atoms. The zero-order valence-corrected chi connectivity index (χ0v) is 16.4. The fraction of sp³-hybridized carbons (Fsp3) is 0.455. The molecule has 1 aliphatic heterocycles. The number of hydrogen-bond acceptors (Lipinski definition) is 4. The van der Waals surface area contributed by atoms with Crippen molar-refractivity contribution >= 4 is 5.65 Å². The number of nitrogens with zero attached hydrogens (tertiary/aromatic N) is 3. The van der Waals surface area contributed by atoms with Crippen LogP contribution >= 0.6 is 0 Å². The Labute approximate surface area is 172 Å². The summed E-state index contributed by atoms with van der Waals surface area (Å²) in [6, 6.07) is 11.4. The number of hydrogen-bond donors (Lipinski definition) is 1. The first-order chi connectivity index (χ1) is 14.5. The van der Waals surface area contributed by atoms with Gasteiger partial charge in [-0.25, -0.2) is 0 Å². The molecule has 1 saturated carbocycles. The number of pyridine rings is 1. The number of alkyl halides is 3. The molecule has 5 nitrogen and oxygen atoms in total. The van der Waals surface area contributed by atoms with Crippen molar-refractivity contribution in [1.29, 1.82) is 0 Å². The van der Waals surface area contributed by atoms with E-state index in [9.17, 15) is 13.2 Å². The number of aromatic nitrogens is 3. The van der Waals surface area contributed by atoms with Crippen LogP contribution in [-0.4, -0.2) is 33.9 Å². The molecule has 8 heteroatoms. The number of benzene rings is 1. The van der Waals surface area contributed by atoms with Gasteiger partial charge in [-0.15, -0.1) is 10.2 Å². The molecule has 0 unspecified atom stereocenters. The van der Waals surface area contributed by atoms with Gasteiger partial charge >= 0.3 is 6.18 Å². The summed E-state index contributed by atoms with van der Waals surface area (Å²) >= 11 is 0. The maximum atomic E-state index is 14.0. The quantitative estimate of drug-likeness (QED) is 0.661. The van der Waals surface area contributed by atoms with Crippen LogP contribution in [0.25, 0.3) is 5.65 Å². The zero-order chi connectivity index (χ0) is 20.7. The van der Waals surface area contributed by atoms with Crippen molar-refractivity contribution in [2.24, 2.45) is 5.92 Å². The van der Waals surface area contributed by atoms with Gasteiger partial charge in [0.2, 0.25) is 0 Å². The lowest BCUT2D eigenvalue weighted by atomic mass is 9.94. The minimum Gasteiger partial charge on any atom is -0.379 e. The summed E-state index contributed by atoms with van der Waals surface area (Å²) in [7, 11) is 0. The summed E-state index contributed by atoms with van der Waals surface area (Å²) in [4.78, 5) is 0. The first-order valence-corrected chi connectivity index (χ1v) is 10.3. The van der Waals surface area contributed by atoms with E-state index in [0.717, 1.165) is 18.4 Å². The average Bonchev–Trinajstić information content (AvgIpc) is 3.27. The smallest absolute Gasteiger partial charge is 0.379 e. The van der Waals surface area contributed by atoms with Crippen LogP contribution < -0.4 is 5.32 Å². The molecule has 1 N–H and O–H groups in total. The van der Waals surface area contributed by atoms with E-state index < -0.39 is 11.7 Å². The molecule has 2 atom stereocenters. The standard InChI is InChI=1S/C22H23F3N4O/c23-22(24,25)20-16(8-9-29-19(10-14-6-7-14)27-28-21(20)29)11-26-18-13-30-12-17(18)15-4-2-1-3-5-15/h1-5,8-9,14,17-18,26H,6-7,10-13H2/t17-,18-/m1/s1. The Morgan fingerprint density at radius 2 is 1.87 bits per heavy atom. The molecule has 158 valence electrons. The van der Waals surface area contributed by atoms with Gasteiger partial charge in [-0.1, -0.05) is 30.3 Å². The van der Waals surface area contributed by atoms with E-state index in [1.165, 1.54) is 10.5 Å². The fourth-order valence-electron chi connectivity index (χ4n) is 4.24. The minimum atomic E-state index is -4.51. The topological polar surface area (TPSA) is 51.5 Å². The normalized spacial score (nSPS) is 22.1. The second-order valence-corrected chi connectivity index (χ2v) is 8.21. The number of nitrogens with one attached hydrogen (secondary N) is 1. The Morgan fingerprint density at radius 3 is 2.60 bits per heavy atom. The molecule has 30 heavy (non-hydrogen) atoms. The van der Waals surface area contributed by atoms with E-state index in [4.69, 9.17) is 4.74 Å². The van der Waals surface area contributed by atoms with Gasteiger partial charge in [0, 0.05) is 31.1 Å². The molecule has 3 aromatic rings. The van der Waals surface area contributed by atoms with Gasteiger partial charge in [-0.2, -0.15) is 13.2 Å². The molecule has 0 radical (unpaired) electrons. The fourth-order valence-corrected chi connectivity index (χ4v) is 4.24. The molecular formula is C22H23F3N4O. The van der Waals surface area contributed by atoms with Crippen LogP contribution in [0.3, 0.4) is 0 Å². The van der Waals surface area contributed by atoms with Crippen LogP contribution in [0.5, 0.6) is 0 Å². The van der Waals surface area contributed by atoms with E-state index in [1.54, 1.807) is 6.20 Å². The van der Waals surface area contributed by atoms with E-state index in [0.29, 0.717) is 31.4 Å². The largest absolute Gasteiger partial charge is 0.420 e. The lowest BCUT2D eigenvalue weighted by molar-refractivity contribution is -0.137. The van der Waals surface area contributed by atoms with Gasteiger partial charge in [0.05, 0.1) is 13.2 Å². The third-order valence-electron chi connectivity index (χ3n) is 6.05. The van der Waals surface area contributed by atoms with Gasteiger partial charge in [-0.05, 0) is 36.0 Å². The molecule has 2 aliphatic rings. The molecule has 2 fully saturated rings. The van der Waals surface area contributed by atoms with Crippen molar-refractivity contribution in [3.05, 3.63) is 65.1 Å². The summed E-state index contributed by atoms with van der Waals surface area (Å²) in [5.41, 5.74) is 0.488. The van der Waals surface area contributed by atoms with Crippen molar-refractivity contribution in [3.8, 4) is 0 Å². The Bertz CT molecular complexity index is 1030. The van der Waals surface area contributed by atoms with Crippen molar-refractivity contribution in [2.45, 2.75) is 43.9 Å². The zero-order valence-electron chi connectivity index (χ0n) is 16.4. The van der Waals surface area contributed by atoms with Crippen LogP contribution in [-0.2, 0) is 23.9 Å². The molecule has 1 aromatic carbocycles. The summed E-state index contributed by atoms with van der Waals surface area (Å²) in [5.74, 6) is 1.23. The third-order valence-corrected chi connectivity index (χ3v) is 6.05. The number of fused-ring (bicyclic) bond motifs is 1. The van der Waals surface area contributed by atoms with Crippen molar-refractivity contribution in [2.75, 3.05) is 13.2 Å². The molecule has 1 aliphatic carbocycles. The van der Waals surface area contributed by atoms with Crippen LogP contribution in [0.2, 0.25) is 0 Å². The maximum Gasteiger partial charge on any atom is 0.420 e. The number of halogens is 3. The lowest BCUT2D eigenvalue weighted by Crippen LogP contribution is -2.34. The molecule has 5 rings (SSSR count). The van der Waals surface area contributed by atoms with Gasteiger partial charge in [0.1, 0.15) is 11.4 Å². The first-order valence-electron chi connectivity index (χ1n) is 10.3. The monoisotopic (exact) mass is 416 g/mol. The van der Waals surface area contributed by atoms with Gasteiger partial charge in [0.25, 0.3) is 0 Å². The van der Waals surface area contributed by atoms with Gasteiger partial charge in [-0.3, -0.25) is 4.40 Å². The highest BCUT2D eigenvalue weighted by Crippen LogP contribution is 2.37. The van der Waals surface area contributed by atoms with Crippen LogP contribution in [0.15, 0.2) is 42.6 Å². The third kappa shape index (κ3) is 3.81. The molecule has 0 amide bonds. The molecule has 0 spiro atoms. The Kier molecular flexibility index (Phi) is 4.99. The van der Waals surface area contributed by atoms with Gasteiger partial charge in [0.15, 0.2) is 5.65 Å². The second-order valence-electron chi connectivity index (χ2n) is 8.21.